The number of amides is 1. The Labute approximate surface area is 159 Å². The van der Waals surface area contributed by atoms with Gasteiger partial charge in [0.15, 0.2) is 0 Å². The minimum atomic E-state index is -0.999. The van der Waals surface area contributed by atoms with Gasteiger partial charge in [0.05, 0.1) is 5.56 Å². The summed E-state index contributed by atoms with van der Waals surface area (Å²) >= 11 is 0. The van der Waals surface area contributed by atoms with Crippen LogP contribution in [0.25, 0.3) is 11.1 Å². The Bertz CT molecular complexity index is 811. The van der Waals surface area contributed by atoms with Crippen LogP contribution in [0.3, 0.4) is 0 Å². The molecule has 27 heavy (non-hydrogen) atoms. The van der Waals surface area contributed by atoms with Gasteiger partial charge in [0.1, 0.15) is 0 Å². The molecule has 1 fully saturated rings. The van der Waals surface area contributed by atoms with Gasteiger partial charge >= 0.3 is 5.97 Å². The second-order valence-corrected chi connectivity index (χ2v) is 6.97. The SMILES string of the molecule is CN(CCC1CCOCC1)C(=O)c1ccccc1-c1ccccc1C(=O)O. The average molecular weight is 367 g/mol. The Morgan fingerprint density at radius 2 is 1.56 bits per heavy atom. The molecule has 0 aliphatic carbocycles. The molecule has 1 aliphatic rings. The third-order valence-corrected chi connectivity index (χ3v) is 5.17. The molecule has 142 valence electrons. The third kappa shape index (κ3) is 4.55. The summed E-state index contributed by atoms with van der Waals surface area (Å²) in [5.41, 5.74) is 1.94. The van der Waals surface area contributed by atoms with Crippen LogP contribution >= 0.6 is 0 Å². The lowest BCUT2D eigenvalue weighted by atomic mass is 9.94. The predicted molar refractivity (Wildman–Crippen MR) is 104 cm³/mol. The minimum Gasteiger partial charge on any atom is -0.478 e. The zero-order valence-corrected chi connectivity index (χ0v) is 15.6. The van der Waals surface area contributed by atoms with Crippen LogP contribution in [0.4, 0.5) is 0 Å². The molecule has 1 amide bonds. The molecule has 0 saturated carbocycles. The number of nitrogens with zero attached hydrogens (tertiary/aromatic N) is 1. The normalized spacial score (nSPS) is 14.7. The fraction of sp³-hybridized carbons (Fsp3) is 0.364. The van der Waals surface area contributed by atoms with Gasteiger partial charge in [-0.3, -0.25) is 4.79 Å². The summed E-state index contributed by atoms with van der Waals surface area (Å²) in [5.74, 6) is -0.490. The topological polar surface area (TPSA) is 66.8 Å². The fourth-order valence-corrected chi connectivity index (χ4v) is 3.53. The van der Waals surface area contributed by atoms with Crippen molar-refractivity contribution in [2.45, 2.75) is 19.3 Å². The van der Waals surface area contributed by atoms with E-state index in [1.165, 1.54) is 0 Å². The number of carbonyl (C=O) groups excluding carboxylic acids is 1. The Balaban J connectivity index is 1.81. The maximum atomic E-state index is 13.0. The highest BCUT2D eigenvalue weighted by Gasteiger charge is 2.21. The van der Waals surface area contributed by atoms with Crippen molar-refractivity contribution in [1.82, 2.24) is 4.90 Å². The van der Waals surface area contributed by atoms with Gasteiger partial charge in [0.2, 0.25) is 0 Å². The van der Waals surface area contributed by atoms with Crippen molar-refractivity contribution in [3.63, 3.8) is 0 Å². The van der Waals surface area contributed by atoms with Gasteiger partial charge in [-0.1, -0.05) is 36.4 Å². The summed E-state index contributed by atoms with van der Waals surface area (Å²) < 4.78 is 5.39. The molecule has 1 heterocycles. The van der Waals surface area contributed by atoms with Crippen molar-refractivity contribution in [3.8, 4) is 11.1 Å². The van der Waals surface area contributed by atoms with Crippen LogP contribution < -0.4 is 0 Å². The first-order chi connectivity index (χ1) is 13.1. The standard InChI is InChI=1S/C22H25NO4/c1-23(13-10-16-11-14-27-15-12-16)21(24)19-8-4-2-6-17(19)18-7-3-5-9-20(18)22(25)26/h2-9,16H,10-15H2,1H3,(H,25,26). The molecule has 3 rings (SSSR count). The smallest absolute Gasteiger partial charge is 0.336 e. The molecule has 2 aromatic rings. The zero-order valence-electron chi connectivity index (χ0n) is 15.6. The summed E-state index contributed by atoms with van der Waals surface area (Å²) in [6.07, 6.45) is 3.05. The van der Waals surface area contributed by atoms with E-state index >= 15 is 0 Å². The van der Waals surface area contributed by atoms with Gasteiger partial charge < -0.3 is 14.7 Å². The van der Waals surface area contributed by atoms with E-state index in [1.54, 1.807) is 41.3 Å². The van der Waals surface area contributed by atoms with Gasteiger partial charge in [-0.15, -0.1) is 0 Å². The van der Waals surface area contributed by atoms with Gasteiger partial charge in [0.25, 0.3) is 5.91 Å². The van der Waals surface area contributed by atoms with E-state index in [4.69, 9.17) is 4.74 Å². The molecular weight excluding hydrogens is 342 g/mol. The highest BCUT2D eigenvalue weighted by Crippen LogP contribution is 2.28. The second kappa shape index (κ2) is 8.82. The lowest BCUT2D eigenvalue weighted by Crippen LogP contribution is -2.30. The van der Waals surface area contributed by atoms with E-state index in [0.29, 0.717) is 29.2 Å². The zero-order chi connectivity index (χ0) is 19.2. The fourth-order valence-electron chi connectivity index (χ4n) is 3.53. The van der Waals surface area contributed by atoms with Crippen LogP contribution in [-0.2, 0) is 4.74 Å². The molecule has 5 heteroatoms. The number of hydrogen-bond acceptors (Lipinski definition) is 3. The van der Waals surface area contributed by atoms with Crippen LogP contribution in [0.2, 0.25) is 0 Å². The maximum Gasteiger partial charge on any atom is 0.336 e. The summed E-state index contributed by atoms with van der Waals surface area (Å²) in [5, 5.41) is 9.49. The van der Waals surface area contributed by atoms with Crippen LogP contribution in [0, 0.1) is 5.92 Å². The molecular formula is C22H25NO4. The Kier molecular flexibility index (Phi) is 6.24. The van der Waals surface area contributed by atoms with Gasteiger partial charge in [-0.25, -0.2) is 4.79 Å². The Morgan fingerprint density at radius 1 is 1.00 bits per heavy atom. The third-order valence-electron chi connectivity index (χ3n) is 5.17. The molecule has 1 saturated heterocycles. The Hall–Kier alpha value is -2.66. The predicted octanol–water partition coefficient (Wildman–Crippen LogP) is 3.94. The van der Waals surface area contributed by atoms with Crippen LogP contribution in [0.1, 0.15) is 40.0 Å². The van der Waals surface area contributed by atoms with Crippen molar-refractivity contribution < 1.29 is 19.4 Å². The lowest BCUT2D eigenvalue weighted by Gasteiger charge is -2.25. The van der Waals surface area contributed by atoms with E-state index in [0.717, 1.165) is 32.5 Å². The van der Waals surface area contributed by atoms with Gasteiger partial charge in [-0.05, 0) is 48.4 Å². The van der Waals surface area contributed by atoms with Gasteiger partial charge in [-0.2, -0.15) is 0 Å². The molecule has 1 aliphatic heterocycles. The number of benzene rings is 2. The number of aromatic carboxylic acids is 1. The second-order valence-electron chi connectivity index (χ2n) is 6.97. The van der Waals surface area contributed by atoms with Crippen molar-refractivity contribution in [2.75, 3.05) is 26.8 Å². The number of hydrogen-bond donors (Lipinski definition) is 1. The maximum absolute atomic E-state index is 13.0. The average Bonchev–Trinajstić information content (AvgIpc) is 2.72. The van der Waals surface area contributed by atoms with E-state index in [2.05, 4.69) is 0 Å². The van der Waals surface area contributed by atoms with Crippen LogP contribution in [0.5, 0.6) is 0 Å². The number of carboxylic acid groups (broad SMARTS) is 1. The van der Waals surface area contributed by atoms with Crippen molar-refractivity contribution in [1.29, 1.82) is 0 Å². The van der Waals surface area contributed by atoms with E-state index in [-0.39, 0.29) is 11.5 Å². The lowest BCUT2D eigenvalue weighted by molar-refractivity contribution is 0.0583. The molecule has 1 N–H and O–H groups in total. The first-order valence-corrected chi connectivity index (χ1v) is 9.33. The quantitative estimate of drug-likeness (QED) is 0.840. The van der Waals surface area contributed by atoms with Crippen molar-refractivity contribution in [2.24, 2.45) is 5.92 Å². The first-order valence-electron chi connectivity index (χ1n) is 9.33. The largest absolute Gasteiger partial charge is 0.478 e. The summed E-state index contributed by atoms with van der Waals surface area (Å²) in [4.78, 5) is 26.4. The monoisotopic (exact) mass is 367 g/mol. The highest BCUT2D eigenvalue weighted by molar-refractivity contribution is 6.04. The molecule has 0 atom stereocenters. The number of ether oxygens (including phenoxy) is 1. The molecule has 0 unspecified atom stereocenters. The van der Waals surface area contributed by atoms with Crippen molar-refractivity contribution >= 4 is 11.9 Å². The van der Waals surface area contributed by atoms with E-state index < -0.39 is 5.97 Å². The summed E-state index contributed by atoms with van der Waals surface area (Å²) in [7, 11) is 1.81. The van der Waals surface area contributed by atoms with Crippen molar-refractivity contribution in [3.05, 3.63) is 59.7 Å². The number of carboxylic acids is 1. The first kappa shape index (κ1) is 19.1. The van der Waals surface area contributed by atoms with Crippen LogP contribution in [-0.4, -0.2) is 48.7 Å². The Morgan fingerprint density at radius 3 is 2.19 bits per heavy atom. The van der Waals surface area contributed by atoms with Crippen LogP contribution in [0.15, 0.2) is 48.5 Å². The molecule has 0 bridgehead atoms. The highest BCUT2D eigenvalue weighted by atomic mass is 16.5. The minimum absolute atomic E-state index is 0.0853. The van der Waals surface area contributed by atoms with E-state index in [9.17, 15) is 14.7 Å². The molecule has 2 aromatic carbocycles. The molecule has 0 aromatic heterocycles. The summed E-state index contributed by atoms with van der Waals surface area (Å²) in [6.45, 7) is 2.28. The molecule has 0 radical (unpaired) electrons. The van der Waals surface area contributed by atoms with E-state index in [1.807, 2.05) is 19.2 Å². The van der Waals surface area contributed by atoms with Gasteiger partial charge in [0, 0.05) is 32.4 Å². The number of carbonyl (C=O) groups is 2. The number of rotatable bonds is 6. The molecule has 5 nitrogen and oxygen atoms in total. The summed E-state index contributed by atoms with van der Waals surface area (Å²) in [6, 6.07) is 14.0. The molecule has 0 spiro atoms.